The van der Waals surface area contributed by atoms with E-state index in [0.717, 1.165) is 30.8 Å². The summed E-state index contributed by atoms with van der Waals surface area (Å²) in [7, 11) is 0. The molecule has 1 aromatic heterocycles. The van der Waals surface area contributed by atoms with Gasteiger partial charge in [-0.1, -0.05) is 67.9 Å². The van der Waals surface area contributed by atoms with Gasteiger partial charge in [-0.05, 0) is 17.5 Å². The number of nitrogens with zero attached hydrogens (tertiary/aromatic N) is 1. The number of hydrogen-bond acceptors (Lipinski definition) is 1. The van der Waals surface area contributed by atoms with Crippen molar-refractivity contribution >= 4 is 0 Å². The summed E-state index contributed by atoms with van der Waals surface area (Å²) in [6.07, 6.45) is 5.08. The molecule has 0 aliphatic rings. The zero-order valence-corrected chi connectivity index (χ0v) is 12.3. The Morgan fingerprint density at radius 2 is 1.71 bits per heavy atom. The number of aromatic nitrogens is 2. The zero-order chi connectivity index (χ0) is 14.5. The highest BCUT2D eigenvalue weighted by atomic mass is 14.9. The molecule has 3 aromatic rings. The molecule has 0 amide bonds. The summed E-state index contributed by atoms with van der Waals surface area (Å²) in [4.78, 5) is 8.04. The molecule has 21 heavy (non-hydrogen) atoms. The monoisotopic (exact) mass is 276 g/mol. The molecule has 0 atom stereocenters. The Morgan fingerprint density at radius 1 is 0.952 bits per heavy atom. The average Bonchev–Trinajstić information content (AvgIpc) is 2.97. The van der Waals surface area contributed by atoms with E-state index in [0.29, 0.717) is 0 Å². The third-order valence-electron chi connectivity index (χ3n) is 3.66. The second-order valence-electron chi connectivity index (χ2n) is 5.33. The van der Waals surface area contributed by atoms with E-state index < -0.39 is 0 Å². The van der Waals surface area contributed by atoms with Crippen molar-refractivity contribution in [3.63, 3.8) is 0 Å². The van der Waals surface area contributed by atoms with Gasteiger partial charge in [-0.3, -0.25) is 0 Å². The minimum atomic E-state index is 0.893. The highest BCUT2D eigenvalue weighted by Crippen LogP contribution is 2.22. The fraction of sp³-hybridized carbons (Fsp3) is 0.211. The van der Waals surface area contributed by atoms with Gasteiger partial charge in [0.2, 0.25) is 0 Å². The van der Waals surface area contributed by atoms with Crippen LogP contribution in [0.15, 0.2) is 60.8 Å². The van der Waals surface area contributed by atoms with Gasteiger partial charge in [-0.2, -0.15) is 0 Å². The molecule has 0 saturated carbocycles. The van der Waals surface area contributed by atoms with Crippen LogP contribution in [-0.4, -0.2) is 9.97 Å². The van der Waals surface area contributed by atoms with Crippen LogP contribution in [0.3, 0.4) is 0 Å². The molecule has 2 heteroatoms. The lowest BCUT2D eigenvalue weighted by Crippen LogP contribution is -1.91. The number of benzene rings is 2. The van der Waals surface area contributed by atoms with Crippen LogP contribution < -0.4 is 0 Å². The summed E-state index contributed by atoms with van der Waals surface area (Å²) in [6, 6.07) is 19.0. The number of aryl methyl sites for hydroxylation is 1. The summed E-state index contributed by atoms with van der Waals surface area (Å²) >= 11 is 0. The molecule has 1 N–H and O–H groups in total. The molecule has 0 aliphatic heterocycles. The molecular weight excluding hydrogens is 256 g/mol. The Labute approximate surface area is 125 Å². The summed E-state index contributed by atoms with van der Waals surface area (Å²) < 4.78 is 0. The van der Waals surface area contributed by atoms with Crippen molar-refractivity contribution in [3.05, 3.63) is 77.6 Å². The Morgan fingerprint density at radius 3 is 2.52 bits per heavy atom. The smallest absolute Gasteiger partial charge is 0.137 e. The number of rotatable bonds is 5. The van der Waals surface area contributed by atoms with E-state index in [1.54, 1.807) is 0 Å². The maximum atomic E-state index is 4.57. The second kappa shape index (κ2) is 6.40. The van der Waals surface area contributed by atoms with E-state index in [2.05, 4.69) is 65.4 Å². The lowest BCUT2D eigenvalue weighted by molar-refractivity contribution is 0.921. The molecule has 0 aliphatic carbocycles. The van der Waals surface area contributed by atoms with Crippen LogP contribution in [0.5, 0.6) is 0 Å². The largest absolute Gasteiger partial charge is 0.342 e. The highest BCUT2D eigenvalue weighted by Gasteiger charge is 2.08. The standard InChI is InChI=1S/C19H20N2/c1-2-8-16-11-6-7-12-18(16)19-20-14-17(21-19)13-15-9-4-3-5-10-15/h3-7,9-12,14H,2,8,13H2,1H3,(H,20,21). The minimum absolute atomic E-state index is 0.893. The molecule has 0 bridgehead atoms. The van der Waals surface area contributed by atoms with E-state index in [9.17, 15) is 0 Å². The number of hydrogen-bond donors (Lipinski definition) is 1. The summed E-state index contributed by atoms with van der Waals surface area (Å²) in [5, 5.41) is 0. The fourth-order valence-corrected chi connectivity index (χ4v) is 2.64. The van der Waals surface area contributed by atoms with Gasteiger partial charge in [0.25, 0.3) is 0 Å². The van der Waals surface area contributed by atoms with Gasteiger partial charge in [0, 0.05) is 23.9 Å². The van der Waals surface area contributed by atoms with Gasteiger partial charge in [-0.25, -0.2) is 4.98 Å². The molecule has 0 fully saturated rings. The predicted octanol–water partition coefficient (Wildman–Crippen LogP) is 4.62. The van der Waals surface area contributed by atoms with Gasteiger partial charge in [-0.15, -0.1) is 0 Å². The van der Waals surface area contributed by atoms with Crippen molar-refractivity contribution < 1.29 is 0 Å². The van der Waals surface area contributed by atoms with Gasteiger partial charge in [0.05, 0.1) is 0 Å². The lowest BCUT2D eigenvalue weighted by atomic mass is 10.0. The first-order valence-electron chi connectivity index (χ1n) is 7.53. The molecule has 106 valence electrons. The van der Waals surface area contributed by atoms with Crippen molar-refractivity contribution in [2.24, 2.45) is 0 Å². The number of H-pyrrole nitrogens is 1. The van der Waals surface area contributed by atoms with Crippen molar-refractivity contribution in [3.8, 4) is 11.4 Å². The molecular formula is C19H20N2. The maximum Gasteiger partial charge on any atom is 0.137 e. The molecule has 3 rings (SSSR count). The van der Waals surface area contributed by atoms with Crippen molar-refractivity contribution in [2.75, 3.05) is 0 Å². The topological polar surface area (TPSA) is 28.7 Å². The average molecular weight is 276 g/mol. The molecule has 1 heterocycles. The van der Waals surface area contributed by atoms with Crippen LogP contribution in [0.25, 0.3) is 11.4 Å². The normalized spacial score (nSPS) is 10.7. The number of aromatic amines is 1. The molecule has 0 saturated heterocycles. The van der Waals surface area contributed by atoms with Crippen molar-refractivity contribution in [1.29, 1.82) is 0 Å². The van der Waals surface area contributed by atoms with E-state index in [-0.39, 0.29) is 0 Å². The third kappa shape index (κ3) is 3.22. The minimum Gasteiger partial charge on any atom is -0.342 e. The first kappa shape index (κ1) is 13.6. The third-order valence-corrected chi connectivity index (χ3v) is 3.66. The van der Waals surface area contributed by atoms with Gasteiger partial charge >= 0.3 is 0 Å². The van der Waals surface area contributed by atoms with Gasteiger partial charge < -0.3 is 4.98 Å². The Bertz CT molecular complexity index is 698. The van der Waals surface area contributed by atoms with E-state index in [1.165, 1.54) is 16.7 Å². The van der Waals surface area contributed by atoms with Crippen LogP contribution in [0.4, 0.5) is 0 Å². The first-order valence-corrected chi connectivity index (χ1v) is 7.53. The molecule has 0 spiro atoms. The van der Waals surface area contributed by atoms with Crippen LogP contribution in [0, 0.1) is 0 Å². The van der Waals surface area contributed by atoms with Gasteiger partial charge in [0.15, 0.2) is 0 Å². The Balaban J connectivity index is 1.85. The predicted molar refractivity (Wildman–Crippen MR) is 87.3 cm³/mol. The summed E-state index contributed by atoms with van der Waals surface area (Å²) in [6.45, 7) is 2.21. The highest BCUT2D eigenvalue weighted by molar-refractivity contribution is 5.60. The summed E-state index contributed by atoms with van der Waals surface area (Å²) in [5.41, 5.74) is 5.04. The summed E-state index contributed by atoms with van der Waals surface area (Å²) in [5.74, 6) is 0.977. The Hall–Kier alpha value is -2.35. The quantitative estimate of drug-likeness (QED) is 0.723. The van der Waals surface area contributed by atoms with E-state index >= 15 is 0 Å². The fourth-order valence-electron chi connectivity index (χ4n) is 2.64. The van der Waals surface area contributed by atoms with E-state index in [1.807, 2.05) is 12.3 Å². The zero-order valence-electron chi connectivity index (χ0n) is 12.3. The molecule has 2 nitrogen and oxygen atoms in total. The van der Waals surface area contributed by atoms with Crippen LogP contribution in [0.2, 0.25) is 0 Å². The molecule has 2 aromatic carbocycles. The lowest BCUT2D eigenvalue weighted by Gasteiger charge is -2.05. The van der Waals surface area contributed by atoms with Crippen molar-refractivity contribution in [1.82, 2.24) is 9.97 Å². The molecule has 0 radical (unpaired) electrons. The molecule has 0 unspecified atom stereocenters. The SMILES string of the molecule is CCCc1ccccc1-c1ncc(Cc2ccccc2)[nH]1. The Kier molecular flexibility index (Phi) is 4.15. The van der Waals surface area contributed by atoms with Crippen LogP contribution in [0.1, 0.15) is 30.2 Å². The van der Waals surface area contributed by atoms with Crippen LogP contribution in [-0.2, 0) is 12.8 Å². The number of imidazole rings is 1. The maximum absolute atomic E-state index is 4.57. The second-order valence-corrected chi connectivity index (χ2v) is 5.33. The van der Waals surface area contributed by atoms with E-state index in [4.69, 9.17) is 0 Å². The first-order chi connectivity index (χ1) is 10.4. The van der Waals surface area contributed by atoms with Crippen LogP contribution >= 0.6 is 0 Å². The van der Waals surface area contributed by atoms with Crippen molar-refractivity contribution in [2.45, 2.75) is 26.2 Å². The number of nitrogens with one attached hydrogen (secondary N) is 1. The van der Waals surface area contributed by atoms with Gasteiger partial charge in [0.1, 0.15) is 5.82 Å².